The molecule has 1 aromatic heterocycles. The third kappa shape index (κ3) is 3.54. The summed E-state index contributed by atoms with van der Waals surface area (Å²) in [5, 5.41) is 10.8. The number of hydrogen-bond acceptors (Lipinski definition) is 3. The standard InChI is InChI=1S/C15H19ClN2S/c1-3-11(2)14(12-7-5-4-6-8-12)15-18-17-13(19-15)9-10-16/h4-8,11,14H,3,9-10H2,1-2H3. The first kappa shape index (κ1) is 14.5. The summed E-state index contributed by atoms with van der Waals surface area (Å²) in [5.41, 5.74) is 1.32. The summed E-state index contributed by atoms with van der Waals surface area (Å²) in [6, 6.07) is 10.6. The smallest absolute Gasteiger partial charge is 0.125 e. The number of alkyl halides is 1. The van der Waals surface area contributed by atoms with Crippen LogP contribution in [0.3, 0.4) is 0 Å². The molecule has 0 spiro atoms. The molecule has 0 N–H and O–H groups in total. The zero-order valence-electron chi connectivity index (χ0n) is 11.3. The van der Waals surface area contributed by atoms with E-state index in [2.05, 4.69) is 54.4 Å². The number of aryl methyl sites for hydroxylation is 1. The van der Waals surface area contributed by atoms with E-state index in [1.165, 1.54) is 5.56 Å². The van der Waals surface area contributed by atoms with E-state index < -0.39 is 0 Å². The van der Waals surface area contributed by atoms with Gasteiger partial charge in [0.15, 0.2) is 0 Å². The van der Waals surface area contributed by atoms with E-state index in [1.807, 2.05) is 0 Å². The summed E-state index contributed by atoms with van der Waals surface area (Å²) < 4.78 is 0. The van der Waals surface area contributed by atoms with Crippen LogP contribution >= 0.6 is 22.9 Å². The average Bonchev–Trinajstić information content (AvgIpc) is 2.89. The van der Waals surface area contributed by atoms with Crippen molar-refractivity contribution in [1.82, 2.24) is 10.2 Å². The molecule has 0 bridgehead atoms. The molecule has 19 heavy (non-hydrogen) atoms. The first-order valence-electron chi connectivity index (χ1n) is 6.69. The van der Waals surface area contributed by atoms with E-state index in [0.717, 1.165) is 22.9 Å². The molecule has 2 unspecified atom stereocenters. The van der Waals surface area contributed by atoms with Crippen LogP contribution in [0.1, 0.15) is 41.8 Å². The van der Waals surface area contributed by atoms with Crippen LogP contribution in [0, 0.1) is 5.92 Å². The lowest BCUT2D eigenvalue weighted by molar-refractivity contribution is 0.492. The van der Waals surface area contributed by atoms with Gasteiger partial charge in [0.1, 0.15) is 10.0 Å². The molecule has 0 aliphatic carbocycles. The Morgan fingerprint density at radius 1 is 1.21 bits per heavy atom. The predicted molar refractivity (Wildman–Crippen MR) is 82.1 cm³/mol. The van der Waals surface area contributed by atoms with Crippen LogP contribution in [0.5, 0.6) is 0 Å². The molecular weight excluding hydrogens is 276 g/mol. The van der Waals surface area contributed by atoms with E-state index >= 15 is 0 Å². The minimum absolute atomic E-state index is 0.341. The van der Waals surface area contributed by atoms with Crippen LogP contribution in [0.15, 0.2) is 30.3 Å². The highest BCUT2D eigenvalue weighted by atomic mass is 35.5. The molecule has 2 aromatic rings. The molecular formula is C15H19ClN2S. The van der Waals surface area contributed by atoms with Gasteiger partial charge >= 0.3 is 0 Å². The summed E-state index contributed by atoms with van der Waals surface area (Å²) in [5.74, 6) is 1.50. The van der Waals surface area contributed by atoms with E-state index in [9.17, 15) is 0 Å². The molecule has 0 amide bonds. The highest BCUT2D eigenvalue weighted by Crippen LogP contribution is 2.35. The summed E-state index contributed by atoms with van der Waals surface area (Å²) in [6.45, 7) is 4.50. The van der Waals surface area contributed by atoms with Crippen molar-refractivity contribution < 1.29 is 0 Å². The van der Waals surface area contributed by atoms with Crippen molar-refractivity contribution in [3.05, 3.63) is 45.9 Å². The Balaban J connectivity index is 2.32. The summed E-state index contributed by atoms with van der Waals surface area (Å²) >= 11 is 7.47. The molecule has 0 fully saturated rings. The lowest BCUT2D eigenvalue weighted by Gasteiger charge is -2.20. The van der Waals surface area contributed by atoms with Crippen LogP contribution in [0.4, 0.5) is 0 Å². The molecule has 0 aliphatic heterocycles. The van der Waals surface area contributed by atoms with Gasteiger partial charge in [-0.05, 0) is 11.5 Å². The zero-order valence-corrected chi connectivity index (χ0v) is 12.9. The second-order valence-corrected chi connectivity index (χ2v) is 6.22. The lowest BCUT2D eigenvalue weighted by Crippen LogP contribution is -2.10. The normalized spacial score (nSPS) is 14.3. The van der Waals surface area contributed by atoms with Gasteiger partial charge in [-0.15, -0.1) is 33.1 Å². The minimum Gasteiger partial charge on any atom is -0.143 e. The van der Waals surface area contributed by atoms with Gasteiger partial charge in [0.25, 0.3) is 0 Å². The second kappa shape index (κ2) is 7.01. The van der Waals surface area contributed by atoms with Crippen LogP contribution < -0.4 is 0 Å². The summed E-state index contributed by atoms with van der Waals surface area (Å²) in [7, 11) is 0. The molecule has 0 saturated heterocycles. The third-order valence-corrected chi connectivity index (χ3v) is 4.68. The van der Waals surface area contributed by atoms with Crippen LogP contribution in [-0.4, -0.2) is 16.1 Å². The summed E-state index contributed by atoms with van der Waals surface area (Å²) in [6.07, 6.45) is 1.94. The molecule has 2 atom stereocenters. The van der Waals surface area contributed by atoms with Crippen molar-refractivity contribution in [3.8, 4) is 0 Å². The number of benzene rings is 1. The fourth-order valence-electron chi connectivity index (χ4n) is 2.18. The summed E-state index contributed by atoms with van der Waals surface area (Å²) in [4.78, 5) is 0. The van der Waals surface area contributed by atoms with E-state index in [1.54, 1.807) is 11.3 Å². The Bertz CT molecular complexity index is 498. The van der Waals surface area contributed by atoms with E-state index in [-0.39, 0.29) is 0 Å². The molecule has 0 saturated carbocycles. The fraction of sp³-hybridized carbons (Fsp3) is 0.467. The molecule has 0 aliphatic rings. The number of hydrogen-bond donors (Lipinski definition) is 0. The van der Waals surface area contributed by atoms with Gasteiger partial charge in [0, 0.05) is 18.2 Å². The predicted octanol–water partition coefficient (Wildman–Crippen LogP) is 4.50. The maximum absolute atomic E-state index is 5.77. The Labute approximate surface area is 123 Å². The molecule has 1 aromatic carbocycles. The van der Waals surface area contributed by atoms with Crippen molar-refractivity contribution in [2.75, 3.05) is 5.88 Å². The van der Waals surface area contributed by atoms with Crippen LogP contribution in [-0.2, 0) is 6.42 Å². The maximum atomic E-state index is 5.77. The van der Waals surface area contributed by atoms with Gasteiger partial charge < -0.3 is 0 Å². The Morgan fingerprint density at radius 2 is 1.95 bits per heavy atom. The van der Waals surface area contributed by atoms with Crippen molar-refractivity contribution in [2.45, 2.75) is 32.6 Å². The zero-order chi connectivity index (χ0) is 13.7. The molecule has 0 radical (unpaired) electrons. The van der Waals surface area contributed by atoms with Crippen LogP contribution in [0.2, 0.25) is 0 Å². The number of nitrogens with zero attached hydrogens (tertiary/aromatic N) is 2. The third-order valence-electron chi connectivity index (χ3n) is 3.43. The fourth-order valence-corrected chi connectivity index (χ4v) is 3.58. The molecule has 2 rings (SSSR count). The Kier molecular flexibility index (Phi) is 5.34. The molecule has 1 heterocycles. The van der Waals surface area contributed by atoms with E-state index in [4.69, 9.17) is 11.6 Å². The van der Waals surface area contributed by atoms with Crippen molar-refractivity contribution >= 4 is 22.9 Å². The average molecular weight is 295 g/mol. The van der Waals surface area contributed by atoms with Gasteiger partial charge in [-0.25, -0.2) is 0 Å². The highest BCUT2D eigenvalue weighted by Gasteiger charge is 2.23. The number of aromatic nitrogens is 2. The quantitative estimate of drug-likeness (QED) is 0.733. The maximum Gasteiger partial charge on any atom is 0.125 e. The van der Waals surface area contributed by atoms with Gasteiger partial charge in [-0.2, -0.15) is 0 Å². The first-order valence-corrected chi connectivity index (χ1v) is 8.04. The van der Waals surface area contributed by atoms with Crippen molar-refractivity contribution in [1.29, 1.82) is 0 Å². The largest absolute Gasteiger partial charge is 0.143 e. The number of halogens is 1. The Morgan fingerprint density at radius 3 is 2.58 bits per heavy atom. The van der Waals surface area contributed by atoms with Crippen molar-refractivity contribution in [3.63, 3.8) is 0 Å². The Hall–Kier alpha value is -0.930. The topological polar surface area (TPSA) is 25.8 Å². The van der Waals surface area contributed by atoms with Gasteiger partial charge in [-0.3, -0.25) is 0 Å². The van der Waals surface area contributed by atoms with E-state index in [0.29, 0.717) is 17.7 Å². The molecule has 4 heteroatoms. The van der Waals surface area contributed by atoms with Crippen LogP contribution in [0.25, 0.3) is 0 Å². The van der Waals surface area contributed by atoms with Crippen molar-refractivity contribution in [2.24, 2.45) is 5.92 Å². The number of rotatable bonds is 6. The van der Waals surface area contributed by atoms with Gasteiger partial charge in [-0.1, -0.05) is 50.6 Å². The first-order chi connectivity index (χ1) is 9.26. The highest BCUT2D eigenvalue weighted by molar-refractivity contribution is 7.11. The molecule has 2 nitrogen and oxygen atoms in total. The SMILES string of the molecule is CCC(C)C(c1ccccc1)c1nnc(CCCl)s1. The lowest BCUT2D eigenvalue weighted by atomic mass is 9.86. The van der Waals surface area contributed by atoms with Gasteiger partial charge in [0.2, 0.25) is 0 Å². The monoisotopic (exact) mass is 294 g/mol. The second-order valence-electron chi connectivity index (χ2n) is 4.75. The minimum atomic E-state index is 0.341. The van der Waals surface area contributed by atoms with Gasteiger partial charge in [0.05, 0.1) is 0 Å². The molecule has 102 valence electrons.